The molecule has 120 valence electrons. The summed E-state index contributed by atoms with van der Waals surface area (Å²) in [5.74, 6) is 0. The lowest BCUT2D eigenvalue weighted by atomic mass is 9.86. The van der Waals surface area contributed by atoms with E-state index < -0.39 is 0 Å². The molecule has 23 heavy (non-hydrogen) atoms. The van der Waals surface area contributed by atoms with E-state index in [1.165, 1.54) is 22.5 Å². The van der Waals surface area contributed by atoms with Crippen LogP contribution in [0.2, 0.25) is 0 Å². The molecule has 2 N–H and O–H groups in total. The van der Waals surface area contributed by atoms with Crippen LogP contribution in [-0.2, 0) is 11.8 Å². The molecule has 3 rings (SSSR count). The van der Waals surface area contributed by atoms with Crippen molar-refractivity contribution in [2.45, 2.75) is 39.5 Å². The lowest BCUT2D eigenvalue weighted by Gasteiger charge is -2.19. The molecule has 2 aromatic heterocycles. The number of aryl methyl sites for hydroxylation is 1. The number of benzene rings is 1. The Balaban J connectivity index is 2.20. The highest BCUT2D eigenvalue weighted by Crippen LogP contribution is 2.29. The van der Waals surface area contributed by atoms with Crippen LogP contribution in [0.1, 0.15) is 37.7 Å². The molecule has 0 radical (unpaired) electrons. The number of hydrogen-bond donors (Lipinski definition) is 1. The van der Waals surface area contributed by atoms with Crippen LogP contribution in [0.5, 0.6) is 0 Å². The van der Waals surface area contributed by atoms with Gasteiger partial charge in [-0.15, -0.1) is 0 Å². The highest BCUT2D eigenvalue weighted by Gasteiger charge is 2.17. The summed E-state index contributed by atoms with van der Waals surface area (Å²) in [4.78, 5) is 4.79. The summed E-state index contributed by atoms with van der Waals surface area (Å²) in [6, 6.07) is 15.1. The van der Waals surface area contributed by atoms with E-state index in [-0.39, 0.29) is 5.41 Å². The second-order valence-corrected chi connectivity index (χ2v) is 7.13. The van der Waals surface area contributed by atoms with Crippen molar-refractivity contribution in [3.05, 3.63) is 59.4 Å². The minimum Gasteiger partial charge on any atom is -0.330 e. The Bertz CT molecular complexity index is 820. The fourth-order valence-corrected chi connectivity index (χ4v) is 3.04. The Labute approximate surface area is 138 Å². The Morgan fingerprint density at radius 3 is 2.35 bits per heavy atom. The summed E-state index contributed by atoms with van der Waals surface area (Å²) in [6.07, 6.45) is 0.789. The molecule has 0 aliphatic rings. The average Bonchev–Trinajstić information content (AvgIpc) is 2.86. The maximum atomic E-state index is 5.80. The van der Waals surface area contributed by atoms with Crippen LogP contribution in [0.25, 0.3) is 16.9 Å². The first kappa shape index (κ1) is 15.8. The molecule has 0 aliphatic heterocycles. The highest BCUT2D eigenvalue weighted by atomic mass is 15.0. The number of imidazole rings is 1. The van der Waals surface area contributed by atoms with Gasteiger partial charge in [-0.2, -0.15) is 0 Å². The van der Waals surface area contributed by atoms with Crippen molar-refractivity contribution in [3.63, 3.8) is 0 Å². The molecule has 1 aromatic carbocycles. The quantitative estimate of drug-likeness (QED) is 0.791. The van der Waals surface area contributed by atoms with Gasteiger partial charge in [0.15, 0.2) is 0 Å². The van der Waals surface area contributed by atoms with E-state index in [1.54, 1.807) is 0 Å². The first-order valence-electron chi connectivity index (χ1n) is 8.20. The van der Waals surface area contributed by atoms with E-state index in [4.69, 9.17) is 10.7 Å². The third kappa shape index (κ3) is 2.89. The zero-order valence-electron chi connectivity index (χ0n) is 14.4. The number of fused-ring (bicyclic) bond motifs is 1. The second kappa shape index (κ2) is 5.82. The first-order valence-corrected chi connectivity index (χ1v) is 8.20. The van der Waals surface area contributed by atoms with Crippen LogP contribution in [0.3, 0.4) is 0 Å². The maximum Gasteiger partial charge on any atom is 0.137 e. The highest BCUT2D eigenvalue weighted by molar-refractivity contribution is 5.68. The average molecular weight is 307 g/mol. The molecule has 0 amide bonds. The van der Waals surface area contributed by atoms with Crippen molar-refractivity contribution in [3.8, 4) is 11.3 Å². The molecule has 3 heteroatoms. The van der Waals surface area contributed by atoms with Gasteiger partial charge in [-0.25, -0.2) is 4.98 Å². The van der Waals surface area contributed by atoms with E-state index in [0.717, 1.165) is 17.8 Å². The summed E-state index contributed by atoms with van der Waals surface area (Å²) >= 11 is 0. The summed E-state index contributed by atoms with van der Waals surface area (Å²) in [5.41, 5.74) is 12.9. The van der Waals surface area contributed by atoms with E-state index in [9.17, 15) is 0 Å². The van der Waals surface area contributed by atoms with Crippen LogP contribution in [0.4, 0.5) is 0 Å². The third-order valence-corrected chi connectivity index (χ3v) is 4.32. The first-order chi connectivity index (χ1) is 10.9. The van der Waals surface area contributed by atoms with Gasteiger partial charge < -0.3 is 5.73 Å². The Morgan fingerprint density at radius 1 is 1.04 bits per heavy atom. The van der Waals surface area contributed by atoms with Crippen molar-refractivity contribution in [2.75, 3.05) is 6.54 Å². The predicted molar refractivity (Wildman–Crippen MR) is 96.8 cm³/mol. The lowest BCUT2D eigenvalue weighted by molar-refractivity contribution is 0.590. The van der Waals surface area contributed by atoms with Gasteiger partial charge in [-0.05, 0) is 36.6 Å². The normalized spacial score (nSPS) is 12.0. The number of nitrogens with zero attached hydrogens (tertiary/aromatic N) is 2. The molecule has 0 saturated heterocycles. The number of hydrogen-bond acceptors (Lipinski definition) is 2. The van der Waals surface area contributed by atoms with Gasteiger partial charge in [0.2, 0.25) is 0 Å². The van der Waals surface area contributed by atoms with Crippen LogP contribution < -0.4 is 5.73 Å². The molecule has 0 atom stereocenters. The monoisotopic (exact) mass is 307 g/mol. The minimum absolute atomic E-state index is 0.161. The molecule has 0 spiro atoms. The van der Waals surface area contributed by atoms with Crippen molar-refractivity contribution >= 4 is 5.65 Å². The van der Waals surface area contributed by atoms with Crippen LogP contribution in [0.15, 0.2) is 42.5 Å². The van der Waals surface area contributed by atoms with Gasteiger partial charge in [-0.3, -0.25) is 4.40 Å². The molecule has 0 bridgehead atoms. The van der Waals surface area contributed by atoms with E-state index in [2.05, 4.69) is 74.6 Å². The molecule has 3 nitrogen and oxygen atoms in total. The van der Waals surface area contributed by atoms with E-state index in [1.807, 2.05) is 0 Å². The zero-order chi connectivity index (χ0) is 16.6. The van der Waals surface area contributed by atoms with Crippen molar-refractivity contribution in [1.82, 2.24) is 9.38 Å². The Hall–Kier alpha value is -2.13. The van der Waals surface area contributed by atoms with Gasteiger partial charge in [0.1, 0.15) is 5.65 Å². The maximum absolute atomic E-state index is 5.80. The molecular formula is C20H25N3. The lowest BCUT2D eigenvalue weighted by Crippen LogP contribution is -2.10. The van der Waals surface area contributed by atoms with Crippen molar-refractivity contribution in [2.24, 2.45) is 5.73 Å². The minimum atomic E-state index is 0.161. The van der Waals surface area contributed by atoms with Gasteiger partial charge >= 0.3 is 0 Å². The van der Waals surface area contributed by atoms with Gasteiger partial charge in [0, 0.05) is 17.7 Å². The Kier molecular flexibility index (Phi) is 3.99. The molecule has 3 aromatic rings. The summed E-state index contributed by atoms with van der Waals surface area (Å²) in [6.45, 7) is 9.44. The van der Waals surface area contributed by atoms with E-state index in [0.29, 0.717) is 6.54 Å². The number of aromatic nitrogens is 2. The SMILES string of the molecule is Cc1cccc2nc(CCN)c(-c3ccc(C(C)(C)C)cc3)n12. The van der Waals surface area contributed by atoms with Crippen molar-refractivity contribution < 1.29 is 0 Å². The third-order valence-electron chi connectivity index (χ3n) is 4.32. The van der Waals surface area contributed by atoms with Crippen LogP contribution >= 0.6 is 0 Å². The van der Waals surface area contributed by atoms with Gasteiger partial charge in [0.25, 0.3) is 0 Å². The van der Waals surface area contributed by atoms with E-state index >= 15 is 0 Å². The second-order valence-electron chi connectivity index (χ2n) is 7.13. The summed E-state index contributed by atoms with van der Waals surface area (Å²) in [5, 5.41) is 0. The molecule has 0 saturated carbocycles. The molecule has 0 fully saturated rings. The zero-order valence-corrected chi connectivity index (χ0v) is 14.4. The number of nitrogens with two attached hydrogens (primary N) is 1. The fraction of sp³-hybridized carbons (Fsp3) is 0.350. The molecule has 0 unspecified atom stereocenters. The van der Waals surface area contributed by atoms with Gasteiger partial charge in [-0.1, -0.05) is 51.1 Å². The number of rotatable bonds is 3. The molecule has 0 aliphatic carbocycles. The molecule has 2 heterocycles. The largest absolute Gasteiger partial charge is 0.330 e. The van der Waals surface area contributed by atoms with Crippen LogP contribution in [0, 0.1) is 6.92 Å². The fourth-order valence-electron chi connectivity index (χ4n) is 3.04. The standard InChI is InChI=1S/C20H25N3/c1-14-6-5-7-18-22-17(12-13-21)19(23(14)18)15-8-10-16(11-9-15)20(2,3)4/h5-11H,12-13,21H2,1-4H3. The smallest absolute Gasteiger partial charge is 0.137 e. The molecular weight excluding hydrogens is 282 g/mol. The topological polar surface area (TPSA) is 43.3 Å². The Morgan fingerprint density at radius 2 is 1.74 bits per heavy atom. The van der Waals surface area contributed by atoms with Gasteiger partial charge in [0.05, 0.1) is 11.4 Å². The summed E-state index contributed by atoms with van der Waals surface area (Å²) in [7, 11) is 0. The van der Waals surface area contributed by atoms with Crippen molar-refractivity contribution in [1.29, 1.82) is 0 Å². The summed E-state index contributed by atoms with van der Waals surface area (Å²) < 4.78 is 2.23. The predicted octanol–water partition coefficient (Wildman–Crippen LogP) is 4.11. The number of pyridine rings is 1. The van der Waals surface area contributed by atoms with Crippen LogP contribution in [-0.4, -0.2) is 15.9 Å².